The maximum Gasteiger partial charge on any atom is 0.351 e. The van der Waals surface area contributed by atoms with Gasteiger partial charge in [-0.05, 0) is 12.1 Å². The number of aromatic nitrogens is 2. The molecule has 0 aliphatic carbocycles. The average Bonchev–Trinajstić information content (AvgIpc) is 3.18. The van der Waals surface area contributed by atoms with E-state index in [1.165, 1.54) is 10.8 Å². The molecule has 1 aromatic heterocycles. The van der Waals surface area contributed by atoms with Gasteiger partial charge in [0.25, 0.3) is 0 Å². The van der Waals surface area contributed by atoms with Crippen molar-refractivity contribution in [3.05, 3.63) is 34.9 Å². The van der Waals surface area contributed by atoms with E-state index in [4.69, 9.17) is 24.5 Å². The van der Waals surface area contributed by atoms with E-state index in [0.717, 1.165) is 6.66 Å². The number of fused-ring (bicyclic) bond motifs is 2. The summed E-state index contributed by atoms with van der Waals surface area (Å²) in [4.78, 5) is 26.2. The van der Waals surface area contributed by atoms with Crippen molar-refractivity contribution >= 4 is 19.1 Å². The molecule has 4 rings (SSSR count). The van der Waals surface area contributed by atoms with Gasteiger partial charge >= 0.3 is 13.3 Å². The maximum absolute atomic E-state index is 12.7. The van der Waals surface area contributed by atoms with Gasteiger partial charge in [-0.1, -0.05) is 19.9 Å². The number of ether oxygens (including phenoxy) is 3. The molecule has 0 spiro atoms. The van der Waals surface area contributed by atoms with Crippen LogP contribution < -0.4 is 26.2 Å². The van der Waals surface area contributed by atoms with Crippen molar-refractivity contribution in [2.45, 2.75) is 38.7 Å². The highest BCUT2D eigenvalue weighted by molar-refractivity contribution is 7.51. The number of aliphatic hydroxyl groups is 1. The predicted octanol–water partition coefficient (Wildman–Crippen LogP) is 1.94. The number of hydrogen-bond acceptors (Lipinski definition) is 10. The van der Waals surface area contributed by atoms with E-state index in [9.17, 15) is 19.4 Å². The fourth-order valence-corrected chi connectivity index (χ4v) is 4.19. The minimum Gasteiger partial charge on any atom is -0.490 e. The lowest BCUT2D eigenvalue weighted by Gasteiger charge is -2.24. The molecule has 4 atom stereocenters. The SMILES string of the molecule is CC.CP(=O)(O)O[C@@H]1C[C@H](n2cc3c(nc2=O)Nc2c(OCCN)cccc2O3)OC1CO. The second kappa shape index (κ2) is 10.6. The lowest BCUT2D eigenvalue weighted by molar-refractivity contribution is -0.0431. The number of nitrogens with zero attached hydrogens (tertiary/aromatic N) is 2. The maximum atomic E-state index is 12.7. The summed E-state index contributed by atoms with van der Waals surface area (Å²) in [7, 11) is -3.81. The number of benzene rings is 1. The molecule has 2 aromatic rings. The molecule has 2 aliphatic heterocycles. The number of nitrogens with one attached hydrogen (secondary N) is 1. The summed E-state index contributed by atoms with van der Waals surface area (Å²) in [5.41, 5.74) is 5.38. The van der Waals surface area contributed by atoms with Crippen LogP contribution >= 0.6 is 7.60 Å². The topological polar surface area (TPSA) is 167 Å². The average molecular weight is 484 g/mol. The Morgan fingerprint density at radius 3 is 2.79 bits per heavy atom. The largest absolute Gasteiger partial charge is 0.490 e. The standard InChI is InChI=1S/C18H23N4O8P.C2H6/c1-31(25,26)30-12-7-15(29-14(12)9-23)22-8-13-17(21-18(22)24)20-16-10(27-6-5-19)3-2-4-11(16)28-13;1-2/h2-4,8,12,14-15,23H,5-7,9,19H2,1H3,(H,25,26)(H,20,21,24);1-2H3/t12-,14?,15-;/m1./s1. The first-order chi connectivity index (χ1) is 15.8. The Kier molecular flexibility index (Phi) is 8.11. The minimum atomic E-state index is -3.81. The molecule has 12 nitrogen and oxygen atoms in total. The van der Waals surface area contributed by atoms with E-state index in [0.29, 0.717) is 30.3 Å². The van der Waals surface area contributed by atoms with Crippen LogP contribution in [0.1, 0.15) is 26.5 Å². The van der Waals surface area contributed by atoms with Gasteiger partial charge in [0.15, 0.2) is 17.3 Å². The van der Waals surface area contributed by atoms with Crippen LogP contribution in [0.25, 0.3) is 0 Å². The van der Waals surface area contributed by atoms with E-state index in [1.807, 2.05) is 13.8 Å². The molecule has 1 fully saturated rings. The van der Waals surface area contributed by atoms with Crippen molar-refractivity contribution in [1.29, 1.82) is 0 Å². The molecule has 2 unspecified atom stereocenters. The highest BCUT2D eigenvalue weighted by atomic mass is 31.2. The Bertz CT molecular complexity index is 1070. The molecule has 2 aliphatic rings. The zero-order chi connectivity index (χ0) is 24.2. The first-order valence-electron chi connectivity index (χ1n) is 10.6. The van der Waals surface area contributed by atoms with Crippen LogP contribution in [-0.2, 0) is 13.8 Å². The van der Waals surface area contributed by atoms with E-state index < -0.39 is 38.3 Å². The van der Waals surface area contributed by atoms with Crippen molar-refractivity contribution in [3.63, 3.8) is 0 Å². The Hall–Kier alpha value is -2.47. The molecule has 0 bridgehead atoms. The van der Waals surface area contributed by atoms with Gasteiger partial charge in [-0.2, -0.15) is 4.98 Å². The van der Waals surface area contributed by atoms with Crippen molar-refractivity contribution in [3.8, 4) is 17.2 Å². The summed E-state index contributed by atoms with van der Waals surface area (Å²) in [5, 5.41) is 12.6. The fraction of sp³-hybridized carbons (Fsp3) is 0.500. The molecule has 3 heterocycles. The summed E-state index contributed by atoms with van der Waals surface area (Å²) in [6.07, 6.45) is -1.08. The van der Waals surface area contributed by atoms with Crippen LogP contribution in [0.3, 0.4) is 0 Å². The summed E-state index contributed by atoms with van der Waals surface area (Å²) >= 11 is 0. The number of rotatable bonds is 7. The van der Waals surface area contributed by atoms with E-state index in [1.54, 1.807) is 18.2 Å². The zero-order valence-electron chi connectivity index (χ0n) is 18.6. The molecule has 1 saturated heterocycles. The highest BCUT2D eigenvalue weighted by Gasteiger charge is 2.40. The van der Waals surface area contributed by atoms with Gasteiger partial charge in [0.2, 0.25) is 0 Å². The first kappa shape index (κ1) is 25.2. The Morgan fingerprint density at radius 2 is 2.12 bits per heavy atom. The molecule has 5 N–H and O–H groups in total. The molecular weight excluding hydrogens is 455 g/mol. The summed E-state index contributed by atoms with van der Waals surface area (Å²) in [6.45, 7) is 5.26. The Balaban J connectivity index is 0.00000149. The third kappa shape index (κ3) is 5.72. The van der Waals surface area contributed by atoms with Gasteiger partial charge in [0.1, 0.15) is 30.4 Å². The summed E-state index contributed by atoms with van der Waals surface area (Å²) < 4.78 is 35.1. The lowest BCUT2D eigenvalue weighted by Crippen LogP contribution is -2.29. The van der Waals surface area contributed by atoms with E-state index >= 15 is 0 Å². The normalized spacial score (nSPS) is 22.5. The number of aliphatic hydroxyl groups excluding tert-OH is 1. The Labute approximate surface area is 190 Å². The van der Waals surface area contributed by atoms with Crippen LogP contribution in [0, 0.1) is 0 Å². The van der Waals surface area contributed by atoms with Gasteiger partial charge in [-0.15, -0.1) is 0 Å². The Morgan fingerprint density at radius 1 is 1.36 bits per heavy atom. The first-order valence-corrected chi connectivity index (χ1v) is 12.6. The van der Waals surface area contributed by atoms with Crippen LogP contribution in [0.5, 0.6) is 17.2 Å². The molecule has 13 heteroatoms. The fourth-order valence-electron chi connectivity index (χ4n) is 3.46. The number of anilines is 2. The van der Waals surface area contributed by atoms with Crippen molar-refractivity contribution in [1.82, 2.24) is 9.55 Å². The smallest absolute Gasteiger partial charge is 0.351 e. The van der Waals surface area contributed by atoms with Crippen LogP contribution in [0.15, 0.2) is 29.2 Å². The summed E-state index contributed by atoms with van der Waals surface area (Å²) in [6, 6.07) is 5.23. The van der Waals surface area contributed by atoms with Crippen LogP contribution in [0.4, 0.5) is 11.5 Å². The molecule has 0 saturated carbocycles. The molecule has 0 radical (unpaired) electrons. The zero-order valence-corrected chi connectivity index (χ0v) is 19.5. The predicted molar refractivity (Wildman–Crippen MR) is 120 cm³/mol. The van der Waals surface area contributed by atoms with Crippen molar-refractivity contribution in [2.75, 3.05) is 31.7 Å². The van der Waals surface area contributed by atoms with E-state index in [-0.39, 0.29) is 18.0 Å². The van der Waals surface area contributed by atoms with Crippen molar-refractivity contribution < 1.29 is 33.3 Å². The van der Waals surface area contributed by atoms with Crippen molar-refractivity contribution in [2.24, 2.45) is 5.73 Å². The van der Waals surface area contributed by atoms with Gasteiger partial charge in [-0.25, -0.2) is 4.79 Å². The summed E-state index contributed by atoms with van der Waals surface area (Å²) in [5.74, 6) is 1.47. The van der Waals surface area contributed by atoms with Gasteiger partial charge in [0.05, 0.1) is 18.9 Å². The second-order valence-electron chi connectivity index (χ2n) is 7.13. The number of hydrogen-bond donors (Lipinski definition) is 4. The van der Waals surface area contributed by atoms with Crippen LogP contribution in [-0.4, -0.2) is 58.2 Å². The number of para-hydroxylation sites is 1. The highest BCUT2D eigenvalue weighted by Crippen LogP contribution is 2.46. The lowest BCUT2D eigenvalue weighted by atomic mass is 10.2. The van der Waals surface area contributed by atoms with Gasteiger partial charge in [-0.3, -0.25) is 9.13 Å². The number of nitrogens with two attached hydrogens (primary N) is 1. The minimum absolute atomic E-state index is 0.0745. The van der Waals surface area contributed by atoms with Gasteiger partial charge < -0.3 is 39.8 Å². The van der Waals surface area contributed by atoms with Gasteiger partial charge in [0, 0.05) is 19.6 Å². The molecule has 182 valence electrons. The molecule has 33 heavy (non-hydrogen) atoms. The molecule has 1 aromatic carbocycles. The van der Waals surface area contributed by atoms with E-state index in [2.05, 4.69) is 10.3 Å². The molecule has 0 amide bonds. The molecular formula is C20H29N4O8P. The monoisotopic (exact) mass is 484 g/mol. The third-order valence-corrected chi connectivity index (χ3v) is 5.41. The third-order valence-electron chi connectivity index (χ3n) is 4.75. The van der Waals surface area contributed by atoms with Crippen LogP contribution in [0.2, 0.25) is 0 Å². The second-order valence-corrected chi connectivity index (χ2v) is 8.95. The quantitative estimate of drug-likeness (QED) is 0.362.